The number of aromatic nitrogens is 3. The minimum Gasteiger partial charge on any atom is -0.370 e. The number of carbonyl (C=O) groups is 1. The highest BCUT2D eigenvalue weighted by molar-refractivity contribution is 8.00. The maximum absolute atomic E-state index is 12.2. The quantitative estimate of drug-likeness (QED) is 0.358. The maximum Gasteiger partial charge on any atom is 0.236 e. The van der Waals surface area contributed by atoms with Crippen LogP contribution in [0.1, 0.15) is 24.3 Å². The highest BCUT2D eigenvalue weighted by Gasteiger charge is 2.30. The van der Waals surface area contributed by atoms with Crippen LogP contribution in [0, 0.1) is 0 Å². The van der Waals surface area contributed by atoms with E-state index in [4.69, 9.17) is 9.72 Å². The third-order valence-electron chi connectivity index (χ3n) is 4.06. The molecular weight excluding hydrogens is 420 g/mol. The fraction of sp³-hybridized carbons (Fsp3) is 0.412. The fourth-order valence-electron chi connectivity index (χ4n) is 2.78. The average Bonchev–Trinajstić information content (AvgIpc) is 3.25. The minimum absolute atomic E-state index is 0.0850. The summed E-state index contributed by atoms with van der Waals surface area (Å²) in [7, 11) is 0. The van der Waals surface area contributed by atoms with Crippen LogP contribution in [0.3, 0.4) is 0 Å². The normalized spacial score (nSPS) is 15.7. The van der Waals surface area contributed by atoms with Crippen LogP contribution in [0.15, 0.2) is 21.8 Å². The van der Waals surface area contributed by atoms with Crippen LogP contribution in [0.2, 0.25) is 0 Å². The average molecular weight is 439 g/mol. The van der Waals surface area contributed by atoms with Gasteiger partial charge in [-0.05, 0) is 20.1 Å². The standard InChI is InChI=1S/C17H18N4O2S4/c1-17(2)6-10-9(7-23-17)12-13(27-10)14(21-16(20-12)24-3)26-8-11(22)19-15-18-4-5-25-15/h4-5H,6-8H2,1-3H3,(H,18,19,22). The first-order valence-corrected chi connectivity index (χ1v) is 12.2. The second kappa shape index (κ2) is 7.67. The van der Waals surface area contributed by atoms with Crippen LogP contribution >= 0.6 is 46.2 Å². The van der Waals surface area contributed by atoms with Crippen molar-refractivity contribution in [1.29, 1.82) is 0 Å². The Bertz CT molecular complexity index is 985. The van der Waals surface area contributed by atoms with Gasteiger partial charge in [0, 0.05) is 28.4 Å². The molecule has 0 saturated heterocycles. The van der Waals surface area contributed by atoms with Gasteiger partial charge >= 0.3 is 0 Å². The third kappa shape index (κ3) is 4.14. The summed E-state index contributed by atoms with van der Waals surface area (Å²) in [6, 6.07) is 0. The van der Waals surface area contributed by atoms with Crippen LogP contribution in [0.4, 0.5) is 5.13 Å². The molecule has 142 valence electrons. The Balaban J connectivity index is 1.61. The van der Waals surface area contributed by atoms with Crippen LogP contribution < -0.4 is 5.32 Å². The van der Waals surface area contributed by atoms with E-state index in [-0.39, 0.29) is 17.3 Å². The number of nitrogens with zero attached hydrogens (tertiary/aromatic N) is 3. The van der Waals surface area contributed by atoms with E-state index in [1.54, 1.807) is 17.5 Å². The van der Waals surface area contributed by atoms with Crippen molar-refractivity contribution in [2.45, 2.75) is 42.7 Å². The predicted octanol–water partition coefficient (Wildman–Crippen LogP) is 4.45. The zero-order valence-electron chi connectivity index (χ0n) is 15.1. The first kappa shape index (κ1) is 19.1. The molecule has 6 nitrogen and oxygen atoms in total. The van der Waals surface area contributed by atoms with E-state index >= 15 is 0 Å². The summed E-state index contributed by atoms with van der Waals surface area (Å²) < 4.78 is 7.04. The molecule has 1 N–H and O–H groups in total. The lowest BCUT2D eigenvalue weighted by atomic mass is 9.98. The number of hydrogen-bond donors (Lipinski definition) is 1. The number of thiophene rings is 1. The summed E-state index contributed by atoms with van der Waals surface area (Å²) in [5, 5.41) is 6.84. The van der Waals surface area contributed by atoms with Crippen molar-refractivity contribution in [3.05, 3.63) is 22.0 Å². The molecule has 0 atom stereocenters. The van der Waals surface area contributed by atoms with E-state index < -0.39 is 0 Å². The Hall–Kier alpha value is -1.20. The molecule has 4 heterocycles. The molecule has 0 radical (unpaired) electrons. The van der Waals surface area contributed by atoms with Gasteiger partial charge in [-0.25, -0.2) is 15.0 Å². The lowest BCUT2D eigenvalue weighted by Crippen LogP contribution is -2.30. The lowest BCUT2D eigenvalue weighted by molar-refractivity contribution is -0.113. The number of thioether (sulfide) groups is 2. The summed E-state index contributed by atoms with van der Waals surface area (Å²) in [6.07, 6.45) is 4.50. The summed E-state index contributed by atoms with van der Waals surface area (Å²) in [4.78, 5) is 27.0. The number of amides is 1. The molecule has 10 heteroatoms. The van der Waals surface area contributed by atoms with Crippen molar-refractivity contribution < 1.29 is 9.53 Å². The van der Waals surface area contributed by atoms with E-state index in [0.717, 1.165) is 26.8 Å². The zero-order chi connectivity index (χ0) is 19.0. The summed E-state index contributed by atoms with van der Waals surface area (Å²) in [5.74, 6) is 0.197. The van der Waals surface area contributed by atoms with Crippen molar-refractivity contribution in [1.82, 2.24) is 15.0 Å². The second-order valence-electron chi connectivity index (χ2n) is 6.60. The first-order valence-electron chi connectivity index (χ1n) is 8.27. The SMILES string of the molecule is CSc1nc(SCC(=O)Nc2nccs2)c2sc3c(c2n1)COC(C)(C)C3. The first-order chi connectivity index (χ1) is 12.9. The van der Waals surface area contributed by atoms with E-state index in [1.807, 2.05) is 11.6 Å². The third-order valence-corrected chi connectivity index (χ3v) is 7.63. The molecule has 3 aromatic rings. The van der Waals surface area contributed by atoms with Gasteiger partial charge in [0.05, 0.1) is 28.2 Å². The van der Waals surface area contributed by atoms with Gasteiger partial charge in [0.1, 0.15) is 5.03 Å². The molecule has 0 aliphatic carbocycles. The Morgan fingerprint density at radius 3 is 3.00 bits per heavy atom. The van der Waals surface area contributed by atoms with Gasteiger partial charge in [0.15, 0.2) is 10.3 Å². The topological polar surface area (TPSA) is 77.0 Å². The van der Waals surface area contributed by atoms with E-state index in [1.165, 1.54) is 45.3 Å². The molecule has 0 fully saturated rings. The van der Waals surface area contributed by atoms with E-state index in [0.29, 0.717) is 11.7 Å². The van der Waals surface area contributed by atoms with Crippen molar-refractivity contribution in [2.24, 2.45) is 0 Å². The van der Waals surface area contributed by atoms with Gasteiger partial charge in [-0.15, -0.1) is 22.7 Å². The van der Waals surface area contributed by atoms with Crippen molar-refractivity contribution in [3.63, 3.8) is 0 Å². The molecule has 0 saturated carbocycles. The zero-order valence-corrected chi connectivity index (χ0v) is 18.3. The van der Waals surface area contributed by atoms with Crippen LogP contribution in [0.25, 0.3) is 10.2 Å². The van der Waals surface area contributed by atoms with E-state index in [2.05, 4.69) is 29.1 Å². The Morgan fingerprint density at radius 2 is 2.26 bits per heavy atom. The molecule has 1 amide bonds. The lowest BCUT2D eigenvalue weighted by Gasteiger charge is -2.29. The van der Waals surface area contributed by atoms with Gasteiger partial charge in [0.25, 0.3) is 0 Å². The Labute approximate surface area is 173 Å². The van der Waals surface area contributed by atoms with Gasteiger partial charge in [-0.1, -0.05) is 23.5 Å². The number of hydrogen-bond acceptors (Lipinski definition) is 9. The number of fused-ring (bicyclic) bond motifs is 3. The number of rotatable bonds is 5. The molecule has 0 aromatic carbocycles. The maximum atomic E-state index is 12.2. The van der Waals surface area contributed by atoms with Crippen molar-refractivity contribution >= 4 is 67.5 Å². The van der Waals surface area contributed by atoms with Gasteiger partial charge in [-0.2, -0.15) is 0 Å². The summed E-state index contributed by atoms with van der Waals surface area (Å²) >= 11 is 6.09. The van der Waals surface area contributed by atoms with Crippen LogP contribution in [-0.4, -0.2) is 38.5 Å². The molecular formula is C17H18N4O2S4. The number of thiazole rings is 1. The molecule has 4 rings (SSSR count). The van der Waals surface area contributed by atoms with Crippen molar-refractivity contribution in [2.75, 3.05) is 17.3 Å². The number of ether oxygens (including phenoxy) is 1. The molecule has 0 spiro atoms. The Kier molecular flexibility index (Phi) is 5.43. The molecule has 1 aliphatic rings. The highest BCUT2D eigenvalue weighted by Crippen LogP contribution is 2.41. The molecule has 1 aliphatic heterocycles. The molecule has 27 heavy (non-hydrogen) atoms. The number of anilines is 1. The molecule has 0 bridgehead atoms. The predicted molar refractivity (Wildman–Crippen MR) is 113 cm³/mol. The minimum atomic E-state index is -0.162. The highest BCUT2D eigenvalue weighted by atomic mass is 32.2. The van der Waals surface area contributed by atoms with Gasteiger partial charge in [-0.3, -0.25) is 4.79 Å². The molecule has 3 aromatic heterocycles. The van der Waals surface area contributed by atoms with E-state index in [9.17, 15) is 4.79 Å². The number of carbonyl (C=O) groups excluding carboxylic acids is 1. The van der Waals surface area contributed by atoms with Crippen LogP contribution in [0.5, 0.6) is 0 Å². The van der Waals surface area contributed by atoms with Crippen LogP contribution in [-0.2, 0) is 22.6 Å². The summed E-state index contributed by atoms with van der Waals surface area (Å²) in [5.41, 5.74) is 1.97. The smallest absolute Gasteiger partial charge is 0.236 e. The second-order valence-corrected chi connectivity index (χ2v) is 10.3. The molecule has 0 unspecified atom stereocenters. The van der Waals surface area contributed by atoms with Crippen molar-refractivity contribution in [3.8, 4) is 0 Å². The largest absolute Gasteiger partial charge is 0.370 e. The monoisotopic (exact) mass is 438 g/mol. The Morgan fingerprint density at radius 1 is 1.41 bits per heavy atom. The fourth-order valence-corrected chi connectivity index (χ4v) is 6.12. The van der Waals surface area contributed by atoms with Gasteiger partial charge in [0.2, 0.25) is 5.91 Å². The van der Waals surface area contributed by atoms with Gasteiger partial charge < -0.3 is 10.1 Å². The number of nitrogens with one attached hydrogen (secondary N) is 1. The summed E-state index contributed by atoms with van der Waals surface area (Å²) in [6.45, 7) is 4.79.